The van der Waals surface area contributed by atoms with E-state index in [0.717, 1.165) is 17.7 Å². The second kappa shape index (κ2) is 6.54. The standard InChI is InChI=1S/C14H17ClN4O/c1-10-3-5-11(6-4-10)19(8-2-7-16)13-12(15)14(20)18-9-17-13/h3-6,9H,2,7-8,16H2,1H3,(H,17,18,20). The van der Waals surface area contributed by atoms with Crippen LogP contribution in [0.5, 0.6) is 0 Å². The first-order valence-electron chi connectivity index (χ1n) is 6.41. The van der Waals surface area contributed by atoms with Crippen molar-refractivity contribution in [2.24, 2.45) is 5.73 Å². The minimum absolute atomic E-state index is 0.0881. The van der Waals surface area contributed by atoms with Crippen molar-refractivity contribution >= 4 is 23.1 Å². The van der Waals surface area contributed by atoms with Crippen molar-refractivity contribution in [1.29, 1.82) is 0 Å². The van der Waals surface area contributed by atoms with Gasteiger partial charge in [0, 0.05) is 12.2 Å². The molecular formula is C14H17ClN4O. The van der Waals surface area contributed by atoms with Gasteiger partial charge >= 0.3 is 0 Å². The van der Waals surface area contributed by atoms with Crippen molar-refractivity contribution in [1.82, 2.24) is 9.97 Å². The highest BCUT2D eigenvalue weighted by Crippen LogP contribution is 2.27. The van der Waals surface area contributed by atoms with Crippen molar-refractivity contribution in [2.45, 2.75) is 13.3 Å². The van der Waals surface area contributed by atoms with Crippen LogP contribution in [-0.2, 0) is 0 Å². The Bertz CT molecular complexity index is 624. The molecule has 1 aromatic carbocycles. The second-order valence-corrected chi connectivity index (χ2v) is 4.88. The molecule has 1 aromatic heterocycles. The third-order valence-corrected chi connectivity index (χ3v) is 3.31. The number of H-pyrrole nitrogens is 1. The van der Waals surface area contributed by atoms with Crippen LogP contribution in [0, 0.1) is 6.92 Å². The highest BCUT2D eigenvalue weighted by Gasteiger charge is 2.15. The fraction of sp³-hybridized carbons (Fsp3) is 0.286. The summed E-state index contributed by atoms with van der Waals surface area (Å²) in [5.74, 6) is 0.452. The van der Waals surface area contributed by atoms with Gasteiger partial charge in [-0.25, -0.2) is 4.98 Å². The Labute approximate surface area is 122 Å². The zero-order valence-corrected chi connectivity index (χ0v) is 12.0. The van der Waals surface area contributed by atoms with E-state index < -0.39 is 0 Å². The molecule has 0 radical (unpaired) electrons. The summed E-state index contributed by atoms with van der Waals surface area (Å²) in [5, 5.41) is 0.0881. The van der Waals surface area contributed by atoms with Crippen LogP contribution < -0.4 is 16.2 Å². The lowest BCUT2D eigenvalue weighted by molar-refractivity contribution is 0.807. The Balaban J connectivity index is 2.44. The molecule has 2 aromatic rings. The SMILES string of the molecule is Cc1ccc(N(CCCN)c2nc[nH]c(=O)c2Cl)cc1. The van der Waals surface area contributed by atoms with Crippen LogP contribution in [0.15, 0.2) is 35.4 Å². The maximum Gasteiger partial charge on any atom is 0.271 e. The number of benzene rings is 1. The monoisotopic (exact) mass is 292 g/mol. The number of aromatic amines is 1. The number of nitrogens with zero attached hydrogens (tertiary/aromatic N) is 2. The molecule has 6 heteroatoms. The summed E-state index contributed by atoms with van der Waals surface area (Å²) >= 11 is 6.07. The third-order valence-electron chi connectivity index (χ3n) is 2.97. The van der Waals surface area contributed by atoms with Crippen molar-refractivity contribution in [2.75, 3.05) is 18.0 Å². The van der Waals surface area contributed by atoms with Gasteiger partial charge in [0.25, 0.3) is 5.56 Å². The molecule has 0 saturated heterocycles. The highest BCUT2D eigenvalue weighted by molar-refractivity contribution is 6.32. The Morgan fingerprint density at radius 3 is 2.70 bits per heavy atom. The number of nitrogens with two attached hydrogens (primary N) is 1. The van der Waals surface area contributed by atoms with E-state index in [9.17, 15) is 4.79 Å². The van der Waals surface area contributed by atoms with Gasteiger partial charge in [0.05, 0.1) is 6.33 Å². The third kappa shape index (κ3) is 3.18. The molecule has 0 spiro atoms. The molecule has 1 heterocycles. The molecule has 0 saturated carbocycles. The van der Waals surface area contributed by atoms with Crippen molar-refractivity contribution in [3.63, 3.8) is 0 Å². The smallest absolute Gasteiger partial charge is 0.271 e. The van der Waals surface area contributed by atoms with Gasteiger partial charge in [-0.05, 0) is 32.0 Å². The summed E-state index contributed by atoms with van der Waals surface area (Å²) < 4.78 is 0. The lowest BCUT2D eigenvalue weighted by Crippen LogP contribution is -2.24. The highest BCUT2D eigenvalue weighted by atomic mass is 35.5. The molecule has 0 fully saturated rings. The van der Waals surface area contributed by atoms with E-state index in [-0.39, 0.29) is 10.6 Å². The maximum atomic E-state index is 11.6. The van der Waals surface area contributed by atoms with E-state index >= 15 is 0 Å². The van der Waals surface area contributed by atoms with Gasteiger partial charge in [-0.2, -0.15) is 0 Å². The van der Waals surface area contributed by atoms with Crippen molar-refractivity contribution < 1.29 is 0 Å². The second-order valence-electron chi connectivity index (χ2n) is 4.50. The van der Waals surface area contributed by atoms with Crippen LogP contribution >= 0.6 is 11.6 Å². The first-order chi connectivity index (χ1) is 9.63. The fourth-order valence-corrected chi connectivity index (χ4v) is 2.10. The predicted octanol–water partition coefficient (Wildman–Crippen LogP) is 2.22. The Morgan fingerprint density at radius 1 is 1.35 bits per heavy atom. The zero-order valence-electron chi connectivity index (χ0n) is 11.3. The number of halogens is 1. The van der Waals surface area contributed by atoms with Gasteiger partial charge in [0.15, 0.2) is 5.82 Å². The minimum Gasteiger partial charge on any atom is -0.330 e. The number of nitrogens with one attached hydrogen (secondary N) is 1. The lowest BCUT2D eigenvalue weighted by Gasteiger charge is -2.24. The summed E-state index contributed by atoms with van der Waals surface area (Å²) in [6.07, 6.45) is 2.13. The quantitative estimate of drug-likeness (QED) is 0.886. The molecule has 0 atom stereocenters. The predicted molar refractivity (Wildman–Crippen MR) is 81.7 cm³/mol. The Morgan fingerprint density at radius 2 is 2.05 bits per heavy atom. The average Bonchev–Trinajstić information content (AvgIpc) is 2.45. The Hall–Kier alpha value is -1.85. The number of hydrogen-bond donors (Lipinski definition) is 2. The summed E-state index contributed by atoms with van der Waals surface area (Å²) in [7, 11) is 0. The largest absolute Gasteiger partial charge is 0.330 e. The van der Waals surface area contributed by atoms with Gasteiger partial charge in [-0.15, -0.1) is 0 Å². The summed E-state index contributed by atoms with van der Waals surface area (Å²) in [5.41, 5.74) is 7.33. The molecule has 0 amide bonds. The molecule has 0 aliphatic rings. The number of aromatic nitrogens is 2. The van der Waals surface area contributed by atoms with E-state index in [1.54, 1.807) is 0 Å². The first kappa shape index (κ1) is 14.6. The number of anilines is 2. The topological polar surface area (TPSA) is 75.0 Å². The average molecular weight is 293 g/mol. The van der Waals surface area contributed by atoms with Crippen LogP contribution in [0.3, 0.4) is 0 Å². The summed E-state index contributed by atoms with van der Waals surface area (Å²) in [6.45, 7) is 3.23. The molecule has 0 unspecified atom stereocenters. The van der Waals surface area contributed by atoms with Gasteiger partial charge in [0.2, 0.25) is 0 Å². The lowest BCUT2D eigenvalue weighted by atomic mass is 10.2. The molecule has 0 aliphatic carbocycles. The number of hydrogen-bond acceptors (Lipinski definition) is 4. The molecule has 2 rings (SSSR count). The van der Waals surface area contributed by atoms with Crippen LogP contribution in [-0.4, -0.2) is 23.1 Å². The van der Waals surface area contributed by atoms with Crippen molar-refractivity contribution in [3.05, 3.63) is 51.5 Å². The summed E-state index contributed by atoms with van der Waals surface area (Å²) in [4.78, 5) is 20.2. The van der Waals surface area contributed by atoms with E-state index in [1.807, 2.05) is 36.1 Å². The number of rotatable bonds is 5. The van der Waals surface area contributed by atoms with Crippen LogP contribution in [0.25, 0.3) is 0 Å². The molecule has 20 heavy (non-hydrogen) atoms. The van der Waals surface area contributed by atoms with Gasteiger partial charge in [0.1, 0.15) is 5.02 Å². The molecule has 0 aliphatic heterocycles. The molecular weight excluding hydrogens is 276 g/mol. The molecule has 0 bridgehead atoms. The zero-order chi connectivity index (χ0) is 14.5. The fourth-order valence-electron chi connectivity index (χ4n) is 1.89. The number of aryl methyl sites for hydroxylation is 1. The summed E-state index contributed by atoms with van der Waals surface area (Å²) in [6, 6.07) is 7.97. The molecule has 106 valence electrons. The van der Waals surface area contributed by atoms with E-state index in [2.05, 4.69) is 9.97 Å². The Kier molecular flexibility index (Phi) is 4.76. The van der Waals surface area contributed by atoms with E-state index in [4.69, 9.17) is 17.3 Å². The first-order valence-corrected chi connectivity index (χ1v) is 6.78. The van der Waals surface area contributed by atoms with Crippen LogP contribution in [0.1, 0.15) is 12.0 Å². The van der Waals surface area contributed by atoms with Gasteiger partial charge in [-0.3, -0.25) is 4.79 Å². The van der Waals surface area contributed by atoms with E-state index in [0.29, 0.717) is 18.9 Å². The minimum atomic E-state index is -0.346. The van der Waals surface area contributed by atoms with Crippen LogP contribution in [0.4, 0.5) is 11.5 Å². The molecule has 3 N–H and O–H groups in total. The maximum absolute atomic E-state index is 11.6. The van der Waals surface area contributed by atoms with E-state index in [1.165, 1.54) is 6.33 Å². The van der Waals surface area contributed by atoms with Gasteiger partial charge in [-0.1, -0.05) is 29.3 Å². The van der Waals surface area contributed by atoms with Crippen LogP contribution in [0.2, 0.25) is 5.02 Å². The van der Waals surface area contributed by atoms with Crippen molar-refractivity contribution in [3.8, 4) is 0 Å². The normalized spacial score (nSPS) is 10.6. The van der Waals surface area contributed by atoms with Gasteiger partial charge < -0.3 is 15.6 Å². The molecule has 5 nitrogen and oxygen atoms in total.